The highest BCUT2D eigenvalue weighted by atomic mass is 79.9. The summed E-state index contributed by atoms with van der Waals surface area (Å²) < 4.78 is 0.893. The lowest BCUT2D eigenvalue weighted by atomic mass is 10.1. The number of hydrogen-bond donors (Lipinski definition) is 2. The molecule has 0 fully saturated rings. The summed E-state index contributed by atoms with van der Waals surface area (Å²) in [5.74, 6) is 0.742. The molecule has 18 heavy (non-hydrogen) atoms. The summed E-state index contributed by atoms with van der Waals surface area (Å²) in [4.78, 5) is 4.25. The number of rotatable bonds is 4. The van der Waals surface area contributed by atoms with Crippen LogP contribution in [0.2, 0.25) is 0 Å². The highest BCUT2D eigenvalue weighted by molar-refractivity contribution is 9.10. The van der Waals surface area contributed by atoms with E-state index >= 15 is 0 Å². The molecule has 3 nitrogen and oxygen atoms in total. The average Bonchev–Trinajstić information content (AvgIpc) is 2.34. The molecule has 0 atom stereocenters. The van der Waals surface area contributed by atoms with Crippen molar-refractivity contribution in [2.75, 3.05) is 17.6 Å². The molecule has 0 unspecified atom stereocenters. The summed E-state index contributed by atoms with van der Waals surface area (Å²) in [7, 11) is 0. The van der Waals surface area contributed by atoms with Gasteiger partial charge in [-0.25, -0.2) is 4.98 Å². The smallest absolute Gasteiger partial charge is 0.149 e. The number of hydrogen-bond acceptors (Lipinski definition) is 3. The molecule has 94 valence electrons. The maximum Gasteiger partial charge on any atom is 0.149 e. The van der Waals surface area contributed by atoms with Crippen molar-refractivity contribution in [1.82, 2.24) is 4.98 Å². The number of halogens is 1. The van der Waals surface area contributed by atoms with Gasteiger partial charge in [-0.2, -0.15) is 0 Å². The van der Waals surface area contributed by atoms with Crippen LogP contribution in [0.25, 0.3) is 0 Å². The topological polar surface area (TPSA) is 50.9 Å². The number of nitrogen functional groups attached to an aromatic ring is 1. The molecule has 0 amide bonds. The number of nitrogens with zero attached hydrogens (tertiary/aromatic N) is 1. The van der Waals surface area contributed by atoms with Crippen LogP contribution in [0.1, 0.15) is 11.1 Å². The van der Waals surface area contributed by atoms with Crippen molar-refractivity contribution in [3.8, 4) is 0 Å². The molecule has 0 radical (unpaired) electrons. The third kappa shape index (κ3) is 3.23. The van der Waals surface area contributed by atoms with Gasteiger partial charge >= 0.3 is 0 Å². The molecule has 0 saturated carbocycles. The van der Waals surface area contributed by atoms with E-state index in [-0.39, 0.29) is 0 Å². The molecule has 0 aliphatic heterocycles. The van der Waals surface area contributed by atoms with E-state index in [1.165, 1.54) is 11.1 Å². The first-order valence-electron chi connectivity index (χ1n) is 5.86. The summed E-state index contributed by atoms with van der Waals surface area (Å²) in [5.41, 5.74) is 9.20. The molecule has 0 spiro atoms. The number of benzene rings is 1. The Labute approximate surface area is 116 Å². The van der Waals surface area contributed by atoms with Gasteiger partial charge in [-0.1, -0.05) is 24.3 Å². The van der Waals surface area contributed by atoms with Crippen LogP contribution in [0.5, 0.6) is 0 Å². The molecular weight excluding hydrogens is 290 g/mol. The first-order chi connectivity index (χ1) is 8.66. The fraction of sp³-hybridized carbons (Fsp3) is 0.214. The van der Waals surface area contributed by atoms with Gasteiger partial charge in [0.1, 0.15) is 5.82 Å². The van der Waals surface area contributed by atoms with Crippen LogP contribution in [-0.4, -0.2) is 11.5 Å². The van der Waals surface area contributed by atoms with Gasteiger partial charge in [-0.05, 0) is 46.5 Å². The third-order valence-electron chi connectivity index (χ3n) is 2.83. The largest absolute Gasteiger partial charge is 0.396 e. The van der Waals surface area contributed by atoms with Gasteiger partial charge in [0.2, 0.25) is 0 Å². The molecule has 0 aliphatic carbocycles. The van der Waals surface area contributed by atoms with E-state index in [1.54, 1.807) is 6.20 Å². The zero-order valence-corrected chi connectivity index (χ0v) is 11.9. The molecule has 0 saturated heterocycles. The standard InChI is InChI=1S/C14H16BrN3/c1-10-4-2-3-5-11(10)6-7-17-14-13(16)8-12(15)9-18-14/h2-5,8-9H,6-7,16H2,1H3,(H,17,18). The van der Waals surface area contributed by atoms with Crippen molar-refractivity contribution in [2.45, 2.75) is 13.3 Å². The molecule has 1 aromatic carbocycles. The van der Waals surface area contributed by atoms with Crippen LogP contribution < -0.4 is 11.1 Å². The van der Waals surface area contributed by atoms with Crippen molar-refractivity contribution in [1.29, 1.82) is 0 Å². The van der Waals surface area contributed by atoms with E-state index in [0.717, 1.165) is 23.3 Å². The van der Waals surface area contributed by atoms with E-state index in [2.05, 4.69) is 57.4 Å². The molecule has 3 N–H and O–H groups in total. The monoisotopic (exact) mass is 305 g/mol. The third-order valence-corrected chi connectivity index (χ3v) is 3.27. The predicted octanol–water partition coefficient (Wildman–Crippen LogP) is 3.39. The second-order valence-electron chi connectivity index (χ2n) is 4.19. The van der Waals surface area contributed by atoms with E-state index < -0.39 is 0 Å². The molecule has 1 aromatic heterocycles. The first kappa shape index (κ1) is 12.9. The number of aromatic nitrogens is 1. The van der Waals surface area contributed by atoms with Gasteiger partial charge in [0, 0.05) is 17.2 Å². The normalized spacial score (nSPS) is 10.3. The van der Waals surface area contributed by atoms with Crippen molar-refractivity contribution in [2.24, 2.45) is 0 Å². The van der Waals surface area contributed by atoms with Crippen LogP contribution >= 0.6 is 15.9 Å². The van der Waals surface area contributed by atoms with Crippen molar-refractivity contribution < 1.29 is 0 Å². The van der Waals surface area contributed by atoms with E-state index in [9.17, 15) is 0 Å². The number of pyridine rings is 1. The Bertz CT molecular complexity index is 540. The molecule has 2 rings (SSSR count). The Hall–Kier alpha value is -1.55. The van der Waals surface area contributed by atoms with Gasteiger partial charge in [-0.15, -0.1) is 0 Å². The van der Waals surface area contributed by atoms with Crippen LogP contribution in [0, 0.1) is 6.92 Å². The minimum absolute atomic E-state index is 0.661. The molecule has 1 heterocycles. The fourth-order valence-corrected chi connectivity index (χ4v) is 2.16. The summed E-state index contributed by atoms with van der Waals surface area (Å²) in [5, 5.41) is 3.26. The molecular formula is C14H16BrN3. The van der Waals surface area contributed by atoms with Crippen LogP contribution in [0.4, 0.5) is 11.5 Å². The fourth-order valence-electron chi connectivity index (χ4n) is 1.81. The maximum absolute atomic E-state index is 5.88. The Kier molecular flexibility index (Phi) is 4.20. The van der Waals surface area contributed by atoms with E-state index in [1.807, 2.05) is 6.07 Å². The second kappa shape index (κ2) is 5.87. The molecule has 0 bridgehead atoms. The highest BCUT2D eigenvalue weighted by Crippen LogP contribution is 2.19. The number of nitrogens with two attached hydrogens (primary N) is 1. The van der Waals surface area contributed by atoms with Crippen LogP contribution in [0.15, 0.2) is 41.0 Å². The predicted molar refractivity (Wildman–Crippen MR) is 79.7 cm³/mol. The van der Waals surface area contributed by atoms with Crippen LogP contribution in [-0.2, 0) is 6.42 Å². The lowest BCUT2D eigenvalue weighted by Crippen LogP contribution is -2.09. The quantitative estimate of drug-likeness (QED) is 0.910. The minimum Gasteiger partial charge on any atom is -0.396 e. The number of nitrogens with one attached hydrogen (secondary N) is 1. The Morgan fingerprint density at radius 3 is 2.83 bits per heavy atom. The van der Waals surface area contributed by atoms with E-state index in [4.69, 9.17) is 5.73 Å². The van der Waals surface area contributed by atoms with Crippen molar-refractivity contribution >= 4 is 27.4 Å². The lowest BCUT2D eigenvalue weighted by Gasteiger charge is -2.09. The van der Waals surface area contributed by atoms with Gasteiger partial charge in [0.15, 0.2) is 0 Å². The van der Waals surface area contributed by atoms with Crippen molar-refractivity contribution in [3.05, 3.63) is 52.1 Å². The number of aryl methyl sites for hydroxylation is 1. The average molecular weight is 306 g/mol. The van der Waals surface area contributed by atoms with Crippen molar-refractivity contribution in [3.63, 3.8) is 0 Å². The lowest BCUT2D eigenvalue weighted by molar-refractivity contribution is 0.994. The van der Waals surface area contributed by atoms with Gasteiger partial charge in [0.25, 0.3) is 0 Å². The van der Waals surface area contributed by atoms with Gasteiger partial charge < -0.3 is 11.1 Å². The number of anilines is 2. The second-order valence-corrected chi connectivity index (χ2v) is 5.11. The summed E-state index contributed by atoms with van der Waals surface area (Å²) in [6.07, 6.45) is 2.70. The minimum atomic E-state index is 0.661. The zero-order valence-electron chi connectivity index (χ0n) is 10.3. The first-order valence-corrected chi connectivity index (χ1v) is 6.65. The molecule has 4 heteroatoms. The van der Waals surface area contributed by atoms with Crippen LogP contribution in [0.3, 0.4) is 0 Å². The Morgan fingerprint density at radius 1 is 1.33 bits per heavy atom. The SMILES string of the molecule is Cc1ccccc1CCNc1ncc(Br)cc1N. The highest BCUT2D eigenvalue weighted by Gasteiger charge is 2.01. The zero-order chi connectivity index (χ0) is 13.0. The Morgan fingerprint density at radius 2 is 2.11 bits per heavy atom. The molecule has 0 aliphatic rings. The maximum atomic E-state index is 5.88. The van der Waals surface area contributed by atoms with Gasteiger partial charge in [-0.3, -0.25) is 0 Å². The van der Waals surface area contributed by atoms with E-state index in [0.29, 0.717) is 5.69 Å². The summed E-state index contributed by atoms with van der Waals surface area (Å²) >= 11 is 3.34. The van der Waals surface area contributed by atoms with Gasteiger partial charge in [0.05, 0.1) is 5.69 Å². The molecule has 2 aromatic rings. The summed E-state index contributed by atoms with van der Waals surface area (Å²) in [6.45, 7) is 2.95. The summed E-state index contributed by atoms with van der Waals surface area (Å²) in [6, 6.07) is 10.2. The Balaban J connectivity index is 1.95.